The van der Waals surface area contributed by atoms with Gasteiger partial charge < -0.3 is 14.2 Å². The number of morpholine rings is 1. The second-order valence-corrected chi connectivity index (χ2v) is 7.12. The normalized spacial score (nSPS) is 20.6. The van der Waals surface area contributed by atoms with E-state index in [4.69, 9.17) is 9.26 Å². The third-order valence-electron chi connectivity index (χ3n) is 5.49. The molecule has 4 rings (SSSR count). The maximum atomic E-state index is 12.8. The molecule has 0 radical (unpaired) electrons. The largest absolute Gasteiger partial charge is 0.379 e. The number of aromatic nitrogens is 3. The highest BCUT2D eigenvalue weighted by Crippen LogP contribution is 2.28. The maximum absolute atomic E-state index is 12.8. The van der Waals surface area contributed by atoms with Crippen molar-refractivity contribution in [1.82, 2.24) is 24.9 Å². The van der Waals surface area contributed by atoms with Crippen molar-refractivity contribution in [2.45, 2.75) is 31.7 Å². The number of carbonyl (C=O) groups is 1. The van der Waals surface area contributed by atoms with Crippen molar-refractivity contribution in [3.05, 3.63) is 30.4 Å². The number of amides is 1. The van der Waals surface area contributed by atoms with E-state index >= 15 is 0 Å². The van der Waals surface area contributed by atoms with Crippen molar-refractivity contribution in [2.75, 3.05) is 39.4 Å². The van der Waals surface area contributed by atoms with Crippen LogP contribution in [0, 0.1) is 0 Å². The van der Waals surface area contributed by atoms with Crippen molar-refractivity contribution >= 4 is 5.91 Å². The van der Waals surface area contributed by atoms with Crippen LogP contribution >= 0.6 is 0 Å². The smallest absolute Gasteiger partial charge is 0.258 e. The molecule has 2 aromatic heterocycles. The number of pyridine rings is 1. The van der Waals surface area contributed by atoms with Gasteiger partial charge in [0.15, 0.2) is 5.82 Å². The molecule has 2 saturated heterocycles. The number of rotatable bonds is 4. The molecular formula is C19H25N5O3. The van der Waals surface area contributed by atoms with Gasteiger partial charge in [-0.15, -0.1) is 0 Å². The van der Waals surface area contributed by atoms with E-state index in [2.05, 4.69) is 20.0 Å². The van der Waals surface area contributed by atoms with E-state index in [1.165, 1.54) is 0 Å². The Balaban J connectivity index is 1.33. The zero-order valence-electron chi connectivity index (χ0n) is 15.6. The van der Waals surface area contributed by atoms with Crippen LogP contribution in [0.25, 0.3) is 11.5 Å². The lowest BCUT2D eigenvalue weighted by Gasteiger charge is -2.37. The lowest BCUT2D eigenvalue weighted by atomic mass is 9.95. The summed E-state index contributed by atoms with van der Waals surface area (Å²) in [6.07, 6.45) is 5.13. The van der Waals surface area contributed by atoms with Gasteiger partial charge >= 0.3 is 0 Å². The highest BCUT2D eigenvalue weighted by Gasteiger charge is 2.31. The van der Waals surface area contributed by atoms with Crippen molar-refractivity contribution in [2.24, 2.45) is 0 Å². The summed E-state index contributed by atoms with van der Waals surface area (Å²) in [5, 5.41) is 4.16. The quantitative estimate of drug-likeness (QED) is 0.806. The first-order chi connectivity index (χ1) is 13.2. The summed E-state index contributed by atoms with van der Waals surface area (Å²) in [6, 6.07) is 3.62. The fourth-order valence-electron chi connectivity index (χ4n) is 3.76. The lowest BCUT2D eigenvalue weighted by Crippen LogP contribution is -2.52. The van der Waals surface area contributed by atoms with Gasteiger partial charge in [-0.25, -0.2) is 0 Å². The van der Waals surface area contributed by atoms with E-state index in [0.29, 0.717) is 19.1 Å². The Hall–Kier alpha value is -2.32. The average molecular weight is 371 g/mol. The fourth-order valence-corrected chi connectivity index (χ4v) is 3.76. The van der Waals surface area contributed by atoms with E-state index in [-0.39, 0.29) is 17.9 Å². The SMILES string of the molecule is C[C@H](C(=O)N1CCC(c2noc(-c3ccncc3)n2)CC1)N1CCOCC1. The summed E-state index contributed by atoms with van der Waals surface area (Å²) in [4.78, 5) is 25.6. The Labute approximate surface area is 158 Å². The van der Waals surface area contributed by atoms with Gasteiger partial charge in [0.1, 0.15) is 0 Å². The summed E-state index contributed by atoms with van der Waals surface area (Å²) in [5.74, 6) is 1.69. The molecule has 8 nitrogen and oxygen atoms in total. The molecule has 1 atom stereocenters. The molecule has 2 aliphatic heterocycles. The van der Waals surface area contributed by atoms with Crippen LogP contribution in [0.5, 0.6) is 0 Å². The average Bonchev–Trinajstić information content (AvgIpc) is 3.24. The van der Waals surface area contributed by atoms with Gasteiger partial charge in [-0.3, -0.25) is 14.7 Å². The molecule has 0 bridgehead atoms. The molecule has 4 heterocycles. The molecule has 2 fully saturated rings. The van der Waals surface area contributed by atoms with Crippen molar-refractivity contribution in [1.29, 1.82) is 0 Å². The molecule has 0 N–H and O–H groups in total. The Morgan fingerprint density at radius 3 is 2.56 bits per heavy atom. The number of likely N-dealkylation sites (tertiary alicyclic amines) is 1. The fraction of sp³-hybridized carbons (Fsp3) is 0.579. The zero-order chi connectivity index (χ0) is 18.6. The van der Waals surface area contributed by atoms with E-state index in [1.807, 2.05) is 24.0 Å². The molecule has 0 aliphatic carbocycles. The van der Waals surface area contributed by atoms with Gasteiger partial charge in [-0.05, 0) is 31.9 Å². The van der Waals surface area contributed by atoms with Crippen LogP contribution in [0.2, 0.25) is 0 Å². The monoisotopic (exact) mass is 371 g/mol. The van der Waals surface area contributed by atoms with Crippen molar-refractivity contribution in [3.63, 3.8) is 0 Å². The van der Waals surface area contributed by atoms with Gasteiger partial charge in [-0.1, -0.05) is 5.16 Å². The molecule has 0 spiro atoms. The Kier molecular flexibility index (Phi) is 5.45. The Bertz CT molecular complexity index is 752. The standard InChI is InChI=1S/C19H25N5O3/c1-14(23-10-12-26-13-11-23)19(25)24-8-4-15(5-9-24)17-21-18(27-22-17)16-2-6-20-7-3-16/h2-3,6-7,14-15H,4-5,8-13H2,1H3/t14-/m1/s1. The summed E-state index contributed by atoms with van der Waals surface area (Å²) >= 11 is 0. The van der Waals surface area contributed by atoms with Crippen LogP contribution in [0.4, 0.5) is 0 Å². The van der Waals surface area contributed by atoms with Crippen LogP contribution in [-0.4, -0.2) is 76.3 Å². The molecule has 0 unspecified atom stereocenters. The van der Waals surface area contributed by atoms with Gasteiger partial charge in [0.25, 0.3) is 5.89 Å². The molecule has 27 heavy (non-hydrogen) atoms. The van der Waals surface area contributed by atoms with Crippen LogP contribution in [0.1, 0.15) is 31.5 Å². The third-order valence-corrected chi connectivity index (χ3v) is 5.49. The third kappa shape index (κ3) is 4.01. The van der Waals surface area contributed by atoms with Gasteiger partial charge in [0.05, 0.1) is 19.3 Å². The molecular weight excluding hydrogens is 346 g/mol. The molecule has 0 saturated carbocycles. The van der Waals surface area contributed by atoms with Crippen LogP contribution in [0.15, 0.2) is 29.0 Å². The number of hydrogen-bond donors (Lipinski definition) is 0. The predicted octanol–water partition coefficient (Wildman–Crippen LogP) is 1.56. The minimum Gasteiger partial charge on any atom is -0.379 e. The number of hydrogen-bond acceptors (Lipinski definition) is 7. The topological polar surface area (TPSA) is 84.6 Å². The van der Waals surface area contributed by atoms with Crippen LogP contribution in [-0.2, 0) is 9.53 Å². The maximum Gasteiger partial charge on any atom is 0.258 e. The molecule has 0 aromatic carbocycles. The lowest BCUT2D eigenvalue weighted by molar-refractivity contribution is -0.139. The Morgan fingerprint density at radius 1 is 1.15 bits per heavy atom. The van der Waals surface area contributed by atoms with Crippen LogP contribution in [0.3, 0.4) is 0 Å². The number of nitrogens with zero attached hydrogens (tertiary/aromatic N) is 5. The predicted molar refractivity (Wildman–Crippen MR) is 97.9 cm³/mol. The van der Waals surface area contributed by atoms with E-state index in [9.17, 15) is 4.79 Å². The first-order valence-corrected chi connectivity index (χ1v) is 9.57. The zero-order valence-corrected chi connectivity index (χ0v) is 15.6. The van der Waals surface area contributed by atoms with E-state index < -0.39 is 0 Å². The van der Waals surface area contributed by atoms with Gasteiger partial charge in [0, 0.05) is 50.1 Å². The highest BCUT2D eigenvalue weighted by atomic mass is 16.5. The number of piperidine rings is 1. The molecule has 144 valence electrons. The first kappa shape index (κ1) is 18.1. The summed E-state index contributed by atoms with van der Waals surface area (Å²) in [5.41, 5.74) is 0.871. The number of carbonyl (C=O) groups excluding carboxylic acids is 1. The number of ether oxygens (including phenoxy) is 1. The van der Waals surface area contributed by atoms with Crippen molar-refractivity contribution in [3.8, 4) is 11.5 Å². The van der Waals surface area contributed by atoms with E-state index in [0.717, 1.165) is 50.4 Å². The second kappa shape index (κ2) is 8.14. The summed E-state index contributed by atoms with van der Waals surface area (Å²) in [7, 11) is 0. The van der Waals surface area contributed by atoms with Crippen LogP contribution < -0.4 is 0 Å². The Morgan fingerprint density at radius 2 is 1.85 bits per heavy atom. The van der Waals surface area contributed by atoms with Crippen molar-refractivity contribution < 1.29 is 14.1 Å². The minimum absolute atomic E-state index is 0.0890. The molecule has 2 aromatic rings. The highest BCUT2D eigenvalue weighted by molar-refractivity contribution is 5.81. The summed E-state index contributed by atoms with van der Waals surface area (Å²) in [6.45, 7) is 6.53. The molecule has 1 amide bonds. The molecule has 2 aliphatic rings. The van der Waals surface area contributed by atoms with Gasteiger partial charge in [-0.2, -0.15) is 4.98 Å². The molecule has 8 heteroatoms. The first-order valence-electron chi connectivity index (χ1n) is 9.57. The minimum atomic E-state index is -0.0890. The summed E-state index contributed by atoms with van der Waals surface area (Å²) < 4.78 is 10.8. The van der Waals surface area contributed by atoms with E-state index in [1.54, 1.807) is 12.4 Å². The van der Waals surface area contributed by atoms with Gasteiger partial charge in [0.2, 0.25) is 5.91 Å². The second-order valence-electron chi connectivity index (χ2n) is 7.12.